The lowest BCUT2D eigenvalue weighted by molar-refractivity contribution is 0.575. The van der Waals surface area contributed by atoms with Crippen molar-refractivity contribution in [3.05, 3.63) is 41.3 Å². The van der Waals surface area contributed by atoms with Gasteiger partial charge in [-0.2, -0.15) is 0 Å². The van der Waals surface area contributed by atoms with Crippen LogP contribution < -0.4 is 5.32 Å². The first-order valence-electron chi connectivity index (χ1n) is 6.40. The zero-order valence-electron chi connectivity index (χ0n) is 11.5. The van der Waals surface area contributed by atoms with Crippen LogP contribution >= 0.6 is 0 Å². The number of rotatable bonds is 4. The van der Waals surface area contributed by atoms with E-state index in [0.717, 1.165) is 18.1 Å². The summed E-state index contributed by atoms with van der Waals surface area (Å²) in [4.78, 5) is 7.77. The molecule has 1 aromatic heterocycles. The Morgan fingerprint density at radius 1 is 1.17 bits per heavy atom. The molecule has 0 radical (unpaired) electrons. The summed E-state index contributed by atoms with van der Waals surface area (Å²) in [7, 11) is 0. The van der Waals surface area contributed by atoms with E-state index in [1.54, 1.807) is 0 Å². The monoisotopic (exact) mass is 243 g/mol. The molecule has 1 aromatic carbocycles. The predicted octanol–water partition coefficient (Wildman–Crippen LogP) is 3.19. The largest absolute Gasteiger partial charge is 0.341 e. The lowest BCUT2D eigenvalue weighted by Gasteiger charge is -2.05. The summed E-state index contributed by atoms with van der Waals surface area (Å²) in [6.07, 6.45) is 1.91. The first-order chi connectivity index (χ1) is 8.54. The van der Waals surface area contributed by atoms with Crippen LogP contribution in [0.3, 0.4) is 0 Å². The molecule has 0 spiro atoms. The van der Waals surface area contributed by atoms with Crippen LogP contribution in [-0.4, -0.2) is 16.0 Å². The van der Waals surface area contributed by atoms with Gasteiger partial charge >= 0.3 is 0 Å². The molecule has 0 atom stereocenters. The smallest absolute Gasteiger partial charge is 0.120 e. The van der Waals surface area contributed by atoms with Gasteiger partial charge in [-0.05, 0) is 26.0 Å². The molecule has 0 aliphatic carbocycles. The van der Waals surface area contributed by atoms with Crippen molar-refractivity contribution in [2.45, 2.75) is 40.3 Å². The minimum absolute atomic E-state index is 0.472. The Balaban J connectivity index is 2.18. The Morgan fingerprint density at radius 3 is 2.44 bits per heavy atom. The van der Waals surface area contributed by atoms with E-state index < -0.39 is 0 Å². The minimum Gasteiger partial charge on any atom is -0.341 e. The fourth-order valence-electron chi connectivity index (χ4n) is 2.03. The van der Waals surface area contributed by atoms with E-state index in [2.05, 4.69) is 61.2 Å². The van der Waals surface area contributed by atoms with Crippen molar-refractivity contribution in [2.24, 2.45) is 0 Å². The van der Waals surface area contributed by atoms with Gasteiger partial charge in [-0.1, -0.05) is 31.0 Å². The summed E-state index contributed by atoms with van der Waals surface area (Å²) in [6.45, 7) is 9.28. The minimum atomic E-state index is 0.472. The molecule has 96 valence electrons. The quantitative estimate of drug-likeness (QED) is 0.865. The molecular weight excluding hydrogens is 222 g/mol. The van der Waals surface area contributed by atoms with Crippen LogP contribution in [-0.2, 0) is 6.54 Å². The molecule has 2 N–H and O–H groups in total. The Labute approximate surface area is 109 Å². The molecule has 0 saturated carbocycles. The number of nitrogens with zero attached hydrogens (tertiary/aromatic N) is 1. The normalized spacial score (nSPS) is 11.2. The molecule has 1 heterocycles. The maximum atomic E-state index is 4.41. The number of aromatic nitrogens is 2. The van der Waals surface area contributed by atoms with Crippen LogP contribution in [0.4, 0.5) is 0 Å². The highest BCUT2D eigenvalue weighted by Crippen LogP contribution is 2.20. The lowest BCUT2D eigenvalue weighted by Crippen LogP contribution is -2.22. The molecule has 0 unspecified atom stereocenters. The van der Waals surface area contributed by atoms with Gasteiger partial charge in [0.05, 0.1) is 18.4 Å². The lowest BCUT2D eigenvalue weighted by atomic mass is 10.1. The van der Waals surface area contributed by atoms with Gasteiger partial charge in [-0.15, -0.1) is 0 Å². The topological polar surface area (TPSA) is 40.7 Å². The van der Waals surface area contributed by atoms with Gasteiger partial charge in [0.15, 0.2) is 0 Å². The summed E-state index contributed by atoms with van der Waals surface area (Å²) >= 11 is 0. The van der Waals surface area contributed by atoms with E-state index in [1.165, 1.54) is 16.7 Å². The standard InChI is InChI=1S/C15H21N3/c1-10(2)16-9-15-17-8-14(18-15)13-6-11(3)5-12(4)7-13/h5-8,10,16H,9H2,1-4H3,(H,17,18). The van der Waals surface area contributed by atoms with Crippen molar-refractivity contribution >= 4 is 0 Å². The van der Waals surface area contributed by atoms with Crippen LogP contribution in [0.1, 0.15) is 30.8 Å². The van der Waals surface area contributed by atoms with Gasteiger partial charge in [-0.3, -0.25) is 0 Å². The van der Waals surface area contributed by atoms with Gasteiger partial charge in [0.25, 0.3) is 0 Å². The number of hydrogen-bond acceptors (Lipinski definition) is 2. The molecule has 0 aliphatic rings. The van der Waals surface area contributed by atoms with Gasteiger partial charge in [-0.25, -0.2) is 4.98 Å². The molecule has 3 nitrogen and oxygen atoms in total. The number of aromatic amines is 1. The second-order valence-electron chi connectivity index (χ2n) is 5.16. The fraction of sp³-hybridized carbons (Fsp3) is 0.400. The van der Waals surface area contributed by atoms with E-state index in [4.69, 9.17) is 0 Å². The summed E-state index contributed by atoms with van der Waals surface area (Å²) in [6, 6.07) is 7.02. The molecule has 0 bridgehead atoms. The second-order valence-corrected chi connectivity index (χ2v) is 5.16. The van der Waals surface area contributed by atoms with Crippen LogP contribution in [0.25, 0.3) is 11.3 Å². The molecule has 0 aliphatic heterocycles. The summed E-state index contributed by atoms with van der Waals surface area (Å²) in [5.41, 5.74) is 4.85. The summed E-state index contributed by atoms with van der Waals surface area (Å²) < 4.78 is 0. The second kappa shape index (κ2) is 5.36. The maximum absolute atomic E-state index is 4.41. The highest BCUT2D eigenvalue weighted by Gasteiger charge is 2.04. The van der Waals surface area contributed by atoms with Crippen LogP contribution in [0.5, 0.6) is 0 Å². The number of imidazole rings is 1. The van der Waals surface area contributed by atoms with E-state index in [-0.39, 0.29) is 0 Å². The third kappa shape index (κ3) is 3.20. The third-order valence-electron chi connectivity index (χ3n) is 2.84. The fourth-order valence-corrected chi connectivity index (χ4v) is 2.03. The molecule has 2 rings (SSSR count). The number of aryl methyl sites for hydroxylation is 2. The van der Waals surface area contributed by atoms with Crippen LogP contribution in [0, 0.1) is 13.8 Å². The first kappa shape index (κ1) is 12.8. The number of nitrogens with one attached hydrogen (secondary N) is 2. The van der Waals surface area contributed by atoms with Crippen molar-refractivity contribution in [3.63, 3.8) is 0 Å². The Morgan fingerprint density at radius 2 is 1.83 bits per heavy atom. The van der Waals surface area contributed by atoms with E-state index >= 15 is 0 Å². The highest BCUT2D eigenvalue weighted by molar-refractivity contribution is 5.60. The predicted molar refractivity (Wildman–Crippen MR) is 75.5 cm³/mol. The van der Waals surface area contributed by atoms with Gasteiger partial charge in [0.1, 0.15) is 5.82 Å². The zero-order chi connectivity index (χ0) is 13.1. The molecule has 0 fully saturated rings. The van der Waals surface area contributed by atoms with E-state index in [0.29, 0.717) is 6.04 Å². The Hall–Kier alpha value is -1.61. The molecule has 3 heteroatoms. The average Bonchev–Trinajstić information content (AvgIpc) is 2.73. The number of benzene rings is 1. The van der Waals surface area contributed by atoms with Crippen molar-refractivity contribution in [3.8, 4) is 11.3 Å². The average molecular weight is 243 g/mol. The SMILES string of the molecule is Cc1cc(C)cc(-c2cnc(CNC(C)C)[nH]2)c1. The van der Waals surface area contributed by atoms with Crippen molar-refractivity contribution in [1.82, 2.24) is 15.3 Å². The van der Waals surface area contributed by atoms with Crippen molar-refractivity contribution in [2.75, 3.05) is 0 Å². The molecule has 2 aromatic rings. The molecule has 0 amide bonds. The molecular formula is C15H21N3. The maximum Gasteiger partial charge on any atom is 0.120 e. The highest BCUT2D eigenvalue weighted by atomic mass is 15.0. The van der Waals surface area contributed by atoms with Crippen molar-refractivity contribution in [1.29, 1.82) is 0 Å². The third-order valence-corrected chi connectivity index (χ3v) is 2.84. The van der Waals surface area contributed by atoms with E-state index in [9.17, 15) is 0 Å². The van der Waals surface area contributed by atoms with Gasteiger partial charge in [0.2, 0.25) is 0 Å². The van der Waals surface area contributed by atoms with Crippen LogP contribution in [0.15, 0.2) is 24.4 Å². The summed E-state index contributed by atoms with van der Waals surface area (Å²) in [5.74, 6) is 0.984. The number of hydrogen-bond donors (Lipinski definition) is 2. The van der Waals surface area contributed by atoms with Crippen molar-refractivity contribution < 1.29 is 0 Å². The Kier molecular flexibility index (Phi) is 3.82. The summed E-state index contributed by atoms with van der Waals surface area (Å²) in [5, 5.41) is 3.36. The molecule has 0 saturated heterocycles. The van der Waals surface area contributed by atoms with Gasteiger partial charge < -0.3 is 10.3 Å². The van der Waals surface area contributed by atoms with Crippen LogP contribution in [0.2, 0.25) is 0 Å². The number of H-pyrrole nitrogens is 1. The molecule has 18 heavy (non-hydrogen) atoms. The van der Waals surface area contributed by atoms with Gasteiger partial charge in [0, 0.05) is 11.6 Å². The zero-order valence-corrected chi connectivity index (χ0v) is 11.5. The first-order valence-corrected chi connectivity index (χ1v) is 6.40. The van der Waals surface area contributed by atoms with E-state index in [1.807, 2.05) is 6.20 Å². The Bertz CT molecular complexity index is 506.